The molecule has 0 radical (unpaired) electrons. The fourth-order valence-electron chi connectivity index (χ4n) is 2.24. The van der Waals surface area contributed by atoms with E-state index in [4.69, 9.17) is 11.6 Å². The van der Waals surface area contributed by atoms with Gasteiger partial charge in [-0.15, -0.1) is 21.8 Å². The van der Waals surface area contributed by atoms with Crippen molar-refractivity contribution < 1.29 is 13.2 Å². The van der Waals surface area contributed by atoms with Crippen LogP contribution in [0.4, 0.5) is 19.0 Å². The number of alkyl halides is 4. The molecule has 0 amide bonds. The summed E-state index contributed by atoms with van der Waals surface area (Å²) in [6, 6.07) is 2.23. The molecule has 2 atom stereocenters. The van der Waals surface area contributed by atoms with Crippen LogP contribution in [0.1, 0.15) is 31.4 Å². The van der Waals surface area contributed by atoms with Crippen molar-refractivity contribution in [3.05, 3.63) is 17.8 Å². The molecule has 0 aliphatic heterocycles. The fraction of sp³-hybridized carbons (Fsp3) is 0.667. The molecule has 1 N–H and O–H groups in total. The molecule has 1 aliphatic carbocycles. The maximum atomic E-state index is 12.3. The zero-order chi connectivity index (χ0) is 13.9. The third kappa shape index (κ3) is 4.23. The molecule has 1 aromatic heterocycles. The van der Waals surface area contributed by atoms with Crippen LogP contribution in [0, 0.1) is 5.92 Å². The van der Waals surface area contributed by atoms with Crippen molar-refractivity contribution in [3.63, 3.8) is 0 Å². The van der Waals surface area contributed by atoms with Crippen LogP contribution in [0.3, 0.4) is 0 Å². The summed E-state index contributed by atoms with van der Waals surface area (Å²) >= 11 is 6.08. The number of nitrogens with one attached hydrogen (secondary N) is 1. The fourth-order valence-corrected chi connectivity index (χ4v) is 2.64. The first kappa shape index (κ1) is 14.4. The van der Waals surface area contributed by atoms with Crippen molar-refractivity contribution in [2.75, 3.05) is 11.9 Å². The lowest BCUT2D eigenvalue weighted by atomic mass is 9.89. The minimum atomic E-state index is -4.44. The van der Waals surface area contributed by atoms with Gasteiger partial charge in [-0.2, -0.15) is 13.2 Å². The highest BCUT2D eigenvalue weighted by Crippen LogP contribution is 2.29. The molecule has 1 aromatic rings. The first-order chi connectivity index (χ1) is 8.95. The molecule has 19 heavy (non-hydrogen) atoms. The minimum absolute atomic E-state index is 0.208. The van der Waals surface area contributed by atoms with Crippen LogP contribution in [-0.4, -0.2) is 22.1 Å². The third-order valence-electron chi connectivity index (χ3n) is 3.25. The highest BCUT2D eigenvalue weighted by Gasteiger charge is 2.32. The minimum Gasteiger partial charge on any atom is -0.368 e. The van der Waals surface area contributed by atoms with Crippen LogP contribution in [0.15, 0.2) is 12.1 Å². The Labute approximate surface area is 114 Å². The zero-order valence-corrected chi connectivity index (χ0v) is 11.0. The van der Waals surface area contributed by atoms with Crippen molar-refractivity contribution >= 4 is 17.4 Å². The molecule has 2 rings (SSSR count). The third-order valence-corrected chi connectivity index (χ3v) is 3.64. The molecule has 1 saturated carbocycles. The van der Waals surface area contributed by atoms with E-state index in [-0.39, 0.29) is 5.38 Å². The molecule has 3 nitrogen and oxygen atoms in total. The van der Waals surface area contributed by atoms with E-state index in [2.05, 4.69) is 15.5 Å². The molecule has 7 heteroatoms. The predicted molar refractivity (Wildman–Crippen MR) is 67.1 cm³/mol. The maximum absolute atomic E-state index is 12.3. The van der Waals surface area contributed by atoms with E-state index in [0.29, 0.717) is 18.3 Å². The van der Waals surface area contributed by atoms with Gasteiger partial charge in [0, 0.05) is 11.9 Å². The van der Waals surface area contributed by atoms with Gasteiger partial charge in [0.25, 0.3) is 0 Å². The van der Waals surface area contributed by atoms with Crippen molar-refractivity contribution in [1.29, 1.82) is 0 Å². The van der Waals surface area contributed by atoms with Crippen LogP contribution >= 0.6 is 11.6 Å². The summed E-state index contributed by atoms with van der Waals surface area (Å²) in [4.78, 5) is 0. The Kier molecular flexibility index (Phi) is 4.50. The van der Waals surface area contributed by atoms with Crippen molar-refractivity contribution in [2.24, 2.45) is 5.92 Å². The van der Waals surface area contributed by atoms with E-state index in [1.54, 1.807) is 0 Å². The van der Waals surface area contributed by atoms with E-state index < -0.39 is 11.9 Å². The van der Waals surface area contributed by atoms with Gasteiger partial charge in [-0.1, -0.05) is 6.42 Å². The summed E-state index contributed by atoms with van der Waals surface area (Å²) in [5.41, 5.74) is -0.975. The quantitative estimate of drug-likeness (QED) is 0.864. The van der Waals surface area contributed by atoms with Gasteiger partial charge >= 0.3 is 6.18 Å². The van der Waals surface area contributed by atoms with Gasteiger partial charge in [-0.3, -0.25) is 0 Å². The zero-order valence-electron chi connectivity index (χ0n) is 10.3. The molecule has 1 fully saturated rings. The van der Waals surface area contributed by atoms with E-state index >= 15 is 0 Å². The number of hydrogen-bond donors (Lipinski definition) is 1. The van der Waals surface area contributed by atoms with Crippen LogP contribution in [0.25, 0.3) is 0 Å². The van der Waals surface area contributed by atoms with E-state index in [1.165, 1.54) is 6.07 Å². The van der Waals surface area contributed by atoms with Gasteiger partial charge in [0.05, 0.1) is 0 Å². The summed E-state index contributed by atoms with van der Waals surface area (Å²) in [6.45, 7) is 0.670. The van der Waals surface area contributed by atoms with Gasteiger partial charge in [-0.05, 0) is 37.3 Å². The Morgan fingerprint density at radius 1 is 1.26 bits per heavy atom. The van der Waals surface area contributed by atoms with E-state index in [0.717, 1.165) is 31.7 Å². The lowest BCUT2D eigenvalue weighted by Gasteiger charge is -2.25. The highest BCUT2D eigenvalue weighted by atomic mass is 35.5. The lowest BCUT2D eigenvalue weighted by molar-refractivity contribution is -0.141. The number of rotatable bonds is 3. The highest BCUT2D eigenvalue weighted by molar-refractivity contribution is 6.20. The summed E-state index contributed by atoms with van der Waals surface area (Å²) in [6.07, 6.45) is -0.287. The monoisotopic (exact) mass is 293 g/mol. The van der Waals surface area contributed by atoms with Gasteiger partial charge < -0.3 is 5.32 Å². The summed E-state index contributed by atoms with van der Waals surface area (Å²) < 4.78 is 36.9. The van der Waals surface area contributed by atoms with Crippen LogP contribution in [-0.2, 0) is 6.18 Å². The first-order valence-electron chi connectivity index (χ1n) is 6.24. The summed E-state index contributed by atoms with van der Waals surface area (Å²) in [7, 11) is 0. The molecule has 1 heterocycles. The topological polar surface area (TPSA) is 37.8 Å². The Balaban J connectivity index is 1.86. The molecule has 2 unspecified atom stereocenters. The average molecular weight is 294 g/mol. The molecule has 0 aromatic carbocycles. The molecular formula is C12H15ClF3N3. The number of anilines is 1. The summed E-state index contributed by atoms with van der Waals surface area (Å²) in [5.74, 6) is 0.810. The van der Waals surface area contributed by atoms with Crippen molar-refractivity contribution in [2.45, 2.75) is 37.2 Å². The Morgan fingerprint density at radius 2 is 2.05 bits per heavy atom. The molecule has 106 valence electrons. The van der Waals surface area contributed by atoms with Gasteiger partial charge in [0.2, 0.25) is 0 Å². The smallest absolute Gasteiger partial charge is 0.368 e. The van der Waals surface area contributed by atoms with Gasteiger partial charge in [-0.25, -0.2) is 0 Å². The Hall–Kier alpha value is -1.04. The Bertz CT molecular complexity index is 408. The van der Waals surface area contributed by atoms with Crippen LogP contribution in [0.2, 0.25) is 0 Å². The summed E-state index contributed by atoms with van der Waals surface area (Å²) in [5, 5.41) is 9.92. The Morgan fingerprint density at radius 3 is 2.63 bits per heavy atom. The number of aromatic nitrogens is 2. The largest absolute Gasteiger partial charge is 0.435 e. The molecule has 0 saturated heterocycles. The van der Waals surface area contributed by atoms with E-state index in [9.17, 15) is 13.2 Å². The molecule has 1 aliphatic rings. The second kappa shape index (κ2) is 5.94. The molecular weight excluding hydrogens is 279 g/mol. The second-order valence-electron chi connectivity index (χ2n) is 4.81. The first-order valence-corrected chi connectivity index (χ1v) is 6.67. The number of hydrogen-bond acceptors (Lipinski definition) is 3. The maximum Gasteiger partial charge on any atom is 0.435 e. The second-order valence-corrected chi connectivity index (χ2v) is 5.43. The number of halogens is 4. The molecule has 0 spiro atoms. The SMILES string of the molecule is FC(F)(F)c1ccc(NCC2CCCC(Cl)C2)nn1. The van der Waals surface area contributed by atoms with Crippen molar-refractivity contribution in [1.82, 2.24) is 10.2 Å². The van der Waals surface area contributed by atoms with Crippen LogP contribution < -0.4 is 5.32 Å². The van der Waals surface area contributed by atoms with Gasteiger partial charge in [0.15, 0.2) is 5.69 Å². The van der Waals surface area contributed by atoms with E-state index in [1.807, 2.05) is 0 Å². The van der Waals surface area contributed by atoms with Gasteiger partial charge in [0.1, 0.15) is 5.82 Å². The predicted octanol–water partition coefficient (Wildman–Crippen LogP) is 3.70. The normalized spacial score (nSPS) is 24.2. The van der Waals surface area contributed by atoms with Crippen LogP contribution in [0.5, 0.6) is 0 Å². The lowest BCUT2D eigenvalue weighted by Crippen LogP contribution is -2.23. The average Bonchev–Trinajstić information content (AvgIpc) is 2.36. The molecule has 0 bridgehead atoms. The van der Waals surface area contributed by atoms with Crippen molar-refractivity contribution in [3.8, 4) is 0 Å². The standard InChI is InChI=1S/C12H15ClF3N3/c13-9-3-1-2-8(6-9)7-17-11-5-4-10(18-19-11)12(14,15)16/h4-5,8-9H,1-3,6-7H2,(H,17,19). The number of nitrogens with zero attached hydrogens (tertiary/aromatic N) is 2.